The highest BCUT2D eigenvalue weighted by Crippen LogP contribution is 2.48. The number of halogens is 4. The fourth-order valence-corrected chi connectivity index (χ4v) is 3.53. The Morgan fingerprint density at radius 2 is 2.10 bits per heavy atom. The molecule has 7 nitrogen and oxygen atoms in total. The van der Waals surface area contributed by atoms with Crippen LogP contribution in [0.4, 0.5) is 17.6 Å². The second-order valence-electron chi connectivity index (χ2n) is 7.66. The molecule has 2 aromatic rings. The van der Waals surface area contributed by atoms with Gasteiger partial charge in [0, 0.05) is 18.2 Å². The summed E-state index contributed by atoms with van der Waals surface area (Å²) in [5.41, 5.74) is -0.456. The summed E-state index contributed by atoms with van der Waals surface area (Å²) < 4.78 is 68.1. The summed E-state index contributed by atoms with van der Waals surface area (Å²) in [4.78, 5) is 17.9. The van der Waals surface area contributed by atoms with Gasteiger partial charge in [-0.15, -0.1) is 0 Å². The van der Waals surface area contributed by atoms with E-state index in [9.17, 15) is 22.4 Å². The molecule has 162 valence electrons. The lowest BCUT2D eigenvalue weighted by molar-refractivity contribution is -0.159. The molecule has 1 saturated carbocycles. The number of ether oxygens (including phenoxy) is 2. The average Bonchev–Trinajstić information content (AvgIpc) is 3.32. The van der Waals surface area contributed by atoms with E-state index in [2.05, 4.69) is 14.7 Å². The number of alkyl halides is 3. The number of fused-ring (bicyclic) bond motifs is 1. The molecule has 4 rings (SSSR count). The monoisotopic (exact) mass is 429 g/mol. The standard InChI is InChI=1S/C19H19F4N3O4/c1-10-8-29-14-6-11(15-24-16(30-25-15)19(21,22)23)5-13(20)12(14)7-26(10)17(27)18(3-4-18)9-28-2/h5-6,10H,3-4,7-9H2,1-2H3. The van der Waals surface area contributed by atoms with Gasteiger partial charge < -0.3 is 18.9 Å². The van der Waals surface area contributed by atoms with Gasteiger partial charge in [0.05, 0.1) is 24.6 Å². The van der Waals surface area contributed by atoms with E-state index in [0.717, 1.165) is 6.07 Å². The maximum atomic E-state index is 14.9. The van der Waals surface area contributed by atoms with Crippen molar-refractivity contribution in [2.45, 2.75) is 38.5 Å². The predicted octanol–water partition coefficient (Wildman–Crippen LogP) is 3.43. The molecule has 1 unspecified atom stereocenters. The first-order valence-electron chi connectivity index (χ1n) is 9.31. The molecule has 1 aliphatic carbocycles. The molecule has 1 aromatic carbocycles. The van der Waals surface area contributed by atoms with Crippen LogP contribution in [-0.2, 0) is 22.3 Å². The minimum atomic E-state index is -4.80. The second-order valence-corrected chi connectivity index (χ2v) is 7.66. The van der Waals surface area contributed by atoms with Gasteiger partial charge in [0.2, 0.25) is 11.7 Å². The summed E-state index contributed by atoms with van der Waals surface area (Å²) in [6.45, 7) is 2.17. The van der Waals surface area contributed by atoms with Crippen LogP contribution in [0.3, 0.4) is 0 Å². The summed E-state index contributed by atoms with van der Waals surface area (Å²) in [7, 11) is 1.53. The molecule has 1 aliphatic heterocycles. The molecule has 2 heterocycles. The van der Waals surface area contributed by atoms with Gasteiger partial charge in [0.25, 0.3) is 0 Å². The third-order valence-corrected chi connectivity index (χ3v) is 5.41. The SMILES string of the molecule is COCC1(C(=O)N2Cc3c(F)cc(-c4noc(C(F)(F)F)n4)cc3OCC2C)CC1. The summed E-state index contributed by atoms with van der Waals surface area (Å²) in [5, 5.41) is 3.28. The van der Waals surface area contributed by atoms with Crippen LogP contribution in [0, 0.1) is 11.2 Å². The minimum Gasteiger partial charge on any atom is -0.491 e. The first-order chi connectivity index (χ1) is 14.1. The quantitative estimate of drug-likeness (QED) is 0.693. The fourth-order valence-electron chi connectivity index (χ4n) is 3.53. The van der Waals surface area contributed by atoms with Gasteiger partial charge in [-0.1, -0.05) is 5.16 Å². The molecular weight excluding hydrogens is 410 g/mol. The van der Waals surface area contributed by atoms with E-state index < -0.39 is 29.1 Å². The van der Waals surface area contributed by atoms with E-state index in [1.807, 2.05) is 0 Å². The molecule has 11 heteroatoms. The summed E-state index contributed by atoms with van der Waals surface area (Å²) in [5.74, 6) is -2.65. The van der Waals surface area contributed by atoms with Gasteiger partial charge in [-0.25, -0.2) is 4.39 Å². The van der Waals surface area contributed by atoms with Gasteiger partial charge in [0.1, 0.15) is 18.2 Å². The lowest BCUT2D eigenvalue weighted by atomic mass is 10.0. The molecule has 0 bridgehead atoms. The number of carbonyl (C=O) groups is 1. The number of amides is 1. The third-order valence-electron chi connectivity index (χ3n) is 5.41. The summed E-state index contributed by atoms with van der Waals surface area (Å²) in [6, 6.07) is 2.03. The first kappa shape index (κ1) is 20.6. The zero-order valence-electron chi connectivity index (χ0n) is 16.3. The molecule has 1 atom stereocenters. The van der Waals surface area contributed by atoms with Crippen LogP contribution in [-0.4, -0.2) is 47.3 Å². The van der Waals surface area contributed by atoms with E-state index in [1.165, 1.54) is 13.2 Å². The van der Waals surface area contributed by atoms with Crippen LogP contribution in [0.1, 0.15) is 31.2 Å². The Hall–Kier alpha value is -2.69. The van der Waals surface area contributed by atoms with Gasteiger partial charge in [-0.05, 0) is 31.9 Å². The lowest BCUT2D eigenvalue weighted by Crippen LogP contribution is -2.45. The third kappa shape index (κ3) is 3.62. The summed E-state index contributed by atoms with van der Waals surface area (Å²) in [6.07, 6.45) is -3.39. The van der Waals surface area contributed by atoms with Crippen LogP contribution in [0.15, 0.2) is 16.7 Å². The second kappa shape index (κ2) is 7.22. The zero-order chi connectivity index (χ0) is 21.7. The number of aromatic nitrogens is 2. The Kier molecular flexibility index (Phi) is 4.95. The average molecular weight is 429 g/mol. The van der Waals surface area contributed by atoms with E-state index in [4.69, 9.17) is 9.47 Å². The summed E-state index contributed by atoms with van der Waals surface area (Å²) >= 11 is 0. The lowest BCUT2D eigenvalue weighted by Gasteiger charge is -2.30. The molecule has 2 aliphatic rings. The number of hydrogen-bond donors (Lipinski definition) is 0. The van der Waals surface area contributed by atoms with Crippen LogP contribution in [0.5, 0.6) is 5.75 Å². The van der Waals surface area contributed by atoms with Crippen molar-refractivity contribution in [2.24, 2.45) is 5.41 Å². The van der Waals surface area contributed by atoms with E-state index in [0.29, 0.717) is 19.4 Å². The van der Waals surface area contributed by atoms with Gasteiger partial charge in [0.15, 0.2) is 0 Å². The van der Waals surface area contributed by atoms with Crippen LogP contribution < -0.4 is 4.74 Å². The van der Waals surface area contributed by atoms with Crippen molar-refractivity contribution in [3.8, 4) is 17.1 Å². The first-order valence-corrected chi connectivity index (χ1v) is 9.31. The number of benzene rings is 1. The highest BCUT2D eigenvalue weighted by atomic mass is 19.4. The molecular formula is C19H19F4N3O4. The van der Waals surface area contributed by atoms with E-state index >= 15 is 0 Å². The Morgan fingerprint density at radius 3 is 2.70 bits per heavy atom. The maximum Gasteiger partial charge on any atom is 0.471 e. The minimum absolute atomic E-state index is 0.0176. The molecule has 1 fully saturated rings. The molecule has 0 radical (unpaired) electrons. The van der Waals surface area contributed by atoms with Crippen molar-refractivity contribution >= 4 is 5.91 Å². The number of nitrogens with zero attached hydrogens (tertiary/aromatic N) is 3. The number of carbonyl (C=O) groups excluding carboxylic acids is 1. The van der Waals surface area contributed by atoms with E-state index in [1.54, 1.807) is 11.8 Å². The number of methoxy groups -OCH3 is 1. The van der Waals surface area contributed by atoms with Gasteiger partial charge >= 0.3 is 12.1 Å². The van der Waals surface area contributed by atoms with Crippen LogP contribution in [0.2, 0.25) is 0 Å². The molecule has 30 heavy (non-hydrogen) atoms. The molecule has 1 aromatic heterocycles. The molecule has 0 spiro atoms. The van der Waals surface area contributed by atoms with Gasteiger partial charge in [-0.2, -0.15) is 18.2 Å². The molecule has 0 N–H and O–H groups in total. The Morgan fingerprint density at radius 1 is 1.37 bits per heavy atom. The largest absolute Gasteiger partial charge is 0.491 e. The number of rotatable bonds is 4. The maximum absolute atomic E-state index is 14.9. The smallest absolute Gasteiger partial charge is 0.471 e. The van der Waals surface area contributed by atoms with Crippen molar-refractivity contribution in [2.75, 3.05) is 20.3 Å². The van der Waals surface area contributed by atoms with Crippen molar-refractivity contribution in [1.82, 2.24) is 15.0 Å². The van der Waals surface area contributed by atoms with Crippen molar-refractivity contribution in [3.63, 3.8) is 0 Å². The highest BCUT2D eigenvalue weighted by molar-refractivity contribution is 5.86. The van der Waals surface area contributed by atoms with Crippen LogP contribution in [0.25, 0.3) is 11.4 Å². The highest BCUT2D eigenvalue weighted by Gasteiger charge is 2.52. The number of hydrogen-bond acceptors (Lipinski definition) is 6. The van der Waals surface area contributed by atoms with Gasteiger partial charge in [-0.3, -0.25) is 4.79 Å². The Labute approximate surface area is 168 Å². The van der Waals surface area contributed by atoms with Crippen LogP contribution >= 0.6 is 0 Å². The molecule has 1 amide bonds. The fraction of sp³-hybridized carbons (Fsp3) is 0.526. The molecule has 0 saturated heterocycles. The topological polar surface area (TPSA) is 77.7 Å². The Bertz CT molecular complexity index is 971. The van der Waals surface area contributed by atoms with E-state index in [-0.39, 0.29) is 42.0 Å². The Balaban J connectivity index is 1.64. The van der Waals surface area contributed by atoms with Crippen molar-refractivity contribution < 1.29 is 36.4 Å². The predicted molar refractivity (Wildman–Crippen MR) is 93.7 cm³/mol. The zero-order valence-corrected chi connectivity index (χ0v) is 16.3. The van der Waals surface area contributed by atoms with Crippen molar-refractivity contribution in [3.05, 3.63) is 29.4 Å². The normalized spacial score (nSPS) is 20.3. The van der Waals surface area contributed by atoms with Crippen molar-refractivity contribution in [1.29, 1.82) is 0 Å².